The molecule has 0 aliphatic carbocycles. The number of carbonyl (C=O) groups is 1. The molecule has 3 N–H and O–H groups in total. The second kappa shape index (κ2) is 10.00. The molecule has 1 amide bonds. The molecule has 0 aliphatic rings. The number of unbranched alkanes of at least 4 members (excludes halogenated alkanes) is 3. The fourth-order valence-corrected chi connectivity index (χ4v) is 2.06. The van der Waals surface area contributed by atoms with Crippen LogP contribution in [0.2, 0.25) is 0 Å². The van der Waals surface area contributed by atoms with Gasteiger partial charge in [0.15, 0.2) is 0 Å². The minimum Gasteiger partial charge on any atom is -0.399 e. The number of anilines is 1. The van der Waals surface area contributed by atoms with Gasteiger partial charge < -0.3 is 15.7 Å². The van der Waals surface area contributed by atoms with Gasteiger partial charge in [-0.25, -0.2) is 0 Å². The average Bonchev–Trinajstić information content (AvgIpc) is 2.49. The molecule has 0 unspecified atom stereocenters. The lowest BCUT2D eigenvalue weighted by Gasteiger charge is -2.20. The van der Waals surface area contributed by atoms with Crippen molar-refractivity contribution in [2.45, 2.75) is 32.6 Å². The van der Waals surface area contributed by atoms with E-state index in [9.17, 15) is 4.79 Å². The summed E-state index contributed by atoms with van der Waals surface area (Å²) in [6.45, 7) is 3.24. The molecule has 0 saturated heterocycles. The molecular weight excluding hydrogens is 264 g/mol. The van der Waals surface area contributed by atoms with Crippen molar-refractivity contribution in [1.82, 2.24) is 4.90 Å². The molecule has 21 heavy (non-hydrogen) atoms. The van der Waals surface area contributed by atoms with Gasteiger partial charge in [-0.3, -0.25) is 4.79 Å². The predicted molar refractivity (Wildman–Crippen MR) is 87.7 cm³/mol. The maximum Gasteiger partial charge on any atom is 0.246 e. The third-order valence-electron chi connectivity index (χ3n) is 3.32. The highest BCUT2D eigenvalue weighted by atomic mass is 16.3. The number of carbonyl (C=O) groups excluding carboxylic acids is 1. The number of benzene rings is 1. The maximum atomic E-state index is 12.1. The Morgan fingerprint density at radius 3 is 2.52 bits per heavy atom. The van der Waals surface area contributed by atoms with Crippen LogP contribution in [0.25, 0.3) is 6.08 Å². The number of amides is 1. The summed E-state index contributed by atoms with van der Waals surface area (Å²) >= 11 is 0. The van der Waals surface area contributed by atoms with Crippen LogP contribution in [-0.2, 0) is 4.79 Å². The van der Waals surface area contributed by atoms with Gasteiger partial charge in [-0.05, 0) is 30.2 Å². The number of nitrogens with zero attached hydrogens (tertiary/aromatic N) is 1. The van der Waals surface area contributed by atoms with Gasteiger partial charge >= 0.3 is 0 Å². The van der Waals surface area contributed by atoms with Gasteiger partial charge in [0, 0.05) is 24.9 Å². The Labute approximate surface area is 127 Å². The van der Waals surface area contributed by atoms with Gasteiger partial charge in [-0.2, -0.15) is 0 Å². The van der Waals surface area contributed by atoms with Crippen LogP contribution in [0.4, 0.5) is 5.69 Å². The molecule has 1 rings (SSSR count). The van der Waals surface area contributed by atoms with Crippen LogP contribution in [0.3, 0.4) is 0 Å². The first kappa shape index (κ1) is 17.2. The molecule has 0 spiro atoms. The van der Waals surface area contributed by atoms with Gasteiger partial charge in [0.05, 0.1) is 6.61 Å². The lowest BCUT2D eigenvalue weighted by molar-refractivity contribution is -0.126. The molecule has 0 bridgehead atoms. The van der Waals surface area contributed by atoms with Gasteiger partial charge in [0.25, 0.3) is 0 Å². The van der Waals surface area contributed by atoms with Crippen molar-refractivity contribution in [3.63, 3.8) is 0 Å². The highest BCUT2D eigenvalue weighted by Gasteiger charge is 2.09. The lowest BCUT2D eigenvalue weighted by Crippen LogP contribution is -2.33. The molecule has 0 aliphatic heterocycles. The Morgan fingerprint density at radius 2 is 1.90 bits per heavy atom. The first-order chi connectivity index (χ1) is 10.2. The van der Waals surface area contributed by atoms with E-state index in [4.69, 9.17) is 10.8 Å². The van der Waals surface area contributed by atoms with Crippen LogP contribution in [0.1, 0.15) is 38.2 Å². The predicted octanol–water partition coefficient (Wildman–Crippen LogP) is 2.68. The molecule has 1 aromatic rings. The van der Waals surface area contributed by atoms with Gasteiger partial charge in [0.2, 0.25) is 5.91 Å². The quantitative estimate of drug-likeness (QED) is 0.417. The van der Waals surface area contributed by atoms with Crippen molar-refractivity contribution in [1.29, 1.82) is 0 Å². The van der Waals surface area contributed by atoms with E-state index < -0.39 is 0 Å². The molecule has 4 nitrogen and oxygen atoms in total. The van der Waals surface area contributed by atoms with E-state index in [0.29, 0.717) is 18.8 Å². The van der Waals surface area contributed by atoms with E-state index in [1.165, 1.54) is 12.8 Å². The van der Waals surface area contributed by atoms with Crippen molar-refractivity contribution in [2.24, 2.45) is 0 Å². The molecule has 0 heterocycles. The van der Waals surface area contributed by atoms with Crippen molar-refractivity contribution < 1.29 is 9.90 Å². The summed E-state index contributed by atoms with van der Waals surface area (Å²) in [5, 5.41) is 9.07. The summed E-state index contributed by atoms with van der Waals surface area (Å²) in [6.07, 6.45) is 7.79. The third-order valence-corrected chi connectivity index (χ3v) is 3.32. The van der Waals surface area contributed by atoms with Crippen LogP contribution in [0.5, 0.6) is 0 Å². The topological polar surface area (TPSA) is 66.6 Å². The monoisotopic (exact) mass is 290 g/mol. The van der Waals surface area contributed by atoms with Crippen molar-refractivity contribution in [2.75, 3.05) is 25.4 Å². The Kier molecular flexibility index (Phi) is 8.21. The molecule has 0 aromatic heterocycles. The molecule has 0 saturated carbocycles. The van der Waals surface area contributed by atoms with E-state index in [2.05, 4.69) is 6.92 Å². The smallest absolute Gasteiger partial charge is 0.246 e. The second-order valence-corrected chi connectivity index (χ2v) is 5.11. The van der Waals surface area contributed by atoms with Crippen LogP contribution in [0.15, 0.2) is 30.3 Å². The van der Waals surface area contributed by atoms with Gasteiger partial charge in [-0.15, -0.1) is 0 Å². The van der Waals surface area contributed by atoms with Crippen LogP contribution in [0, 0.1) is 0 Å². The fraction of sp³-hybridized carbons (Fsp3) is 0.471. The number of rotatable bonds is 9. The van der Waals surface area contributed by atoms with E-state index in [1.54, 1.807) is 29.2 Å². The van der Waals surface area contributed by atoms with Gasteiger partial charge in [-0.1, -0.05) is 38.3 Å². The largest absolute Gasteiger partial charge is 0.399 e. The van der Waals surface area contributed by atoms with Crippen molar-refractivity contribution >= 4 is 17.7 Å². The number of hydrogen-bond acceptors (Lipinski definition) is 3. The van der Waals surface area contributed by atoms with Crippen LogP contribution < -0.4 is 5.73 Å². The SMILES string of the molecule is CCCCCCN(CCO)C(=O)/C=C/c1ccc(N)cc1. The fourth-order valence-electron chi connectivity index (χ4n) is 2.06. The number of hydrogen-bond donors (Lipinski definition) is 2. The summed E-state index contributed by atoms with van der Waals surface area (Å²) in [4.78, 5) is 13.8. The maximum absolute atomic E-state index is 12.1. The zero-order chi connectivity index (χ0) is 15.5. The summed E-state index contributed by atoms with van der Waals surface area (Å²) in [5.41, 5.74) is 7.27. The highest BCUT2D eigenvalue weighted by Crippen LogP contribution is 2.08. The van der Waals surface area contributed by atoms with Crippen molar-refractivity contribution in [3.8, 4) is 0 Å². The Morgan fingerprint density at radius 1 is 1.19 bits per heavy atom. The van der Waals surface area contributed by atoms with Crippen LogP contribution in [-0.4, -0.2) is 35.6 Å². The van der Waals surface area contributed by atoms with Gasteiger partial charge in [0.1, 0.15) is 0 Å². The molecule has 0 fully saturated rings. The minimum atomic E-state index is -0.0580. The second-order valence-electron chi connectivity index (χ2n) is 5.11. The summed E-state index contributed by atoms with van der Waals surface area (Å²) in [6, 6.07) is 7.36. The highest BCUT2D eigenvalue weighted by molar-refractivity contribution is 5.91. The van der Waals surface area contributed by atoms with Crippen LogP contribution >= 0.6 is 0 Å². The third kappa shape index (κ3) is 6.95. The normalized spacial score (nSPS) is 11.0. The van der Waals surface area contributed by atoms with Crippen molar-refractivity contribution in [3.05, 3.63) is 35.9 Å². The van der Waals surface area contributed by atoms with E-state index in [-0.39, 0.29) is 12.5 Å². The molecule has 1 aromatic carbocycles. The minimum absolute atomic E-state index is 0.00473. The molecule has 0 atom stereocenters. The zero-order valence-corrected chi connectivity index (χ0v) is 12.8. The number of aliphatic hydroxyl groups excluding tert-OH is 1. The first-order valence-corrected chi connectivity index (χ1v) is 7.60. The Hall–Kier alpha value is -1.81. The lowest BCUT2D eigenvalue weighted by atomic mass is 10.2. The summed E-state index contributed by atoms with van der Waals surface area (Å²) in [5.74, 6) is -0.0580. The van der Waals surface area contributed by atoms with E-state index in [1.807, 2.05) is 12.1 Å². The number of nitrogens with two attached hydrogens (primary N) is 1. The Bertz CT molecular complexity index is 441. The summed E-state index contributed by atoms with van der Waals surface area (Å²) in [7, 11) is 0. The summed E-state index contributed by atoms with van der Waals surface area (Å²) < 4.78 is 0. The molecule has 0 radical (unpaired) electrons. The number of aliphatic hydroxyl groups is 1. The van der Waals surface area contributed by atoms with E-state index >= 15 is 0 Å². The molecule has 4 heteroatoms. The average molecular weight is 290 g/mol. The molecule has 116 valence electrons. The first-order valence-electron chi connectivity index (χ1n) is 7.60. The molecular formula is C17H26N2O2. The zero-order valence-electron chi connectivity index (χ0n) is 12.8. The van der Waals surface area contributed by atoms with E-state index in [0.717, 1.165) is 18.4 Å². The number of nitrogen functional groups attached to an aromatic ring is 1. The Balaban J connectivity index is 2.52. The standard InChI is InChI=1S/C17H26N2O2/c1-2-3-4-5-12-19(13-14-20)17(21)11-8-15-6-9-16(18)10-7-15/h6-11,20H,2-5,12-14,18H2,1H3/b11-8+.